The zero-order chi connectivity index (χ0) is 27.6. The molecule has 0 aromatic rings. The third kappa shape index (κ3) is 5.77. The first-order valence-corrected chi connectivity index (χ1v) is 14.1. The lowest BCUT2D eigenvalue weighted by atomic mass is 9.78. The average Bonchev–Trinajstić information content (AvgIpc) is 3.57. The third-order valence-corrected chi connectivity index (χ3v) is 9.51. The van der Waals surface area contributed by atoms with Crippen molar-refractivity contribution in [2.24, 2.45) is 40.9 Å². The summed E-state index contributed by atoms with van der Waals surface area (Å²) in [5, 5.41) is 10.8. The average molecular weight is 535 g/mol. The highest BCUT2D eigenvalue weighted by atomic mass is 16.6. The third-order valence-electron chi connectivity index (χ3n) is 9.51. The van der Waals surface area contributed by atoms with Crippen molar-refractivity contribution in [3.8, 4) is 0 Å². The van der Waals surface area contributed by atoms with Crippen LogP contribution in [0.25, 0.3) is 0 Å². The Labute approximate surface area is 224 Å². The summed E-state index contributed by atoms with van der Waals surface area (Å²) in [7, 11) is 0. The number of aliphatic hydroxyl groups is 1. The number of carbonyl (C=O) groups excluding carboxylic acids is 4. The summed E-state index contributed by atoms with van der Waals surface area (Å²) in [6, 6.07) is 0. The van der Waals surface area contributed by atoms with Crippen molar-refractivity contribution in [3.05, 3.63) is 12.7 Å². The maximum absolute atomic E-state index is 13.4. The molecule has 2 bridgehead atoms. The number of carbonyl (C=O) groups is 4. The van der Waals surface area contributed by atoms with Gasteiger partial charge in [0.2, 0.25) is 0 Å². The second-order valence-electron chi connectivity index (χ2n) is 12.1. The van der Waals surface area contributed by atoms with Crippen molar-refractivity contribution >= 4 is 23.9 Å². The van der Waals surface area contributed by atoms with E-state index in [1.165, 1.54) is 0 Å². The molecule has 0 aromatic carbocycles. The zero-order valence-corrected chi connectivity index (χ0v) is 22.8. The molecule has 0 radical (unpaired) electrons. The van der Waals surface area contributed by atoms with E-state index in [0.717, 1.165) is 31.8 Å². The monoisotopic (exact) mass is 534 g/mol. The highest BCUT2D eigenvalue weighted by Gasteiger charge is 2.62. The second kappa shape index (κ2) is 11.8. The number of hydrogen-bond donors (Lipinski definition) is 1. The number of aliphatic hydroxyl groups excluding tert-OH is 1. The molecule has 0 saturated heterocycles. The molecule has 0 aliphatic heterocycles. The van der Waals surface area contributed by atoms with Crippen molar-refractivity contribution in [3.63, 3.8) is 0 Å². The van der Waals surface area contributed by atoms with Gasteiger partial charge in [-0.05, 0) is 64.2 Å². The van der Waals surface area contributed by atoms with Crippen molar-refractivity contribution in [1.29, 1.82) is 0 Å². The fourth-order valence-corrected chi connectivity index (χ4v) is 7.09. The van der Waals surface area contributed by atoms with E-state index in [1.807, 2.05) is 6.92 Å². The van der Waals surface area contributed by atoms with Gasteiger partial charge in [0, 0.05) is 17.9 Å². The largest absolute Gasteiger partial charge is 0.462 e. The van der Waals surface area contributed by atoms with Crippen molar-refractivity contribution in [1.82, 2.24) is 0 Å². The Morgan fingerprint density at radius 2 is 1.58 bits per heavy atom. The van der Waals surface area contributed by atoms with Crippen molar-refractivity contribution < 1.29 is 43.2 Å². The molecule has 0 amide bonds. The second-order valence-corrected chi connectivity index (χ2v) is 12.1. The molecule has 9 heteroatoms. The number of esters is 4. The van der Waals surface area contributed by atoms with Crippen LogP contribution < -0.4 is 0 Å². The van der Waals surface area contributed by atoms with E-state index in [2.05, 4.69) is 6.58 Å². The molecule has 38 heavy (non-hydrogen) atoms. The Hall–Kier alpha value is -2.42. The van der Waals surface area contributed by atoms with Crippen LogP contribution >= 0.6 is 0 Å². The minimum atomic E-state index is -0.774. The van der Waals surface area contributed by atoms with Crippen molar-refractivity contribution in [2.45, 2.75) is 90.4 Å². The molecule has 9 unspecified atom stereocenters. The molecule has 0 aromatic heterocycles. The predicted molar refractivity (Wildman–Crippen MR) is 135 cm³/mol. The van der Waals surface area contributed by atoms with Gasteiger partial charge in [-0.2, -0.15) is 0 Å². The van der Waals surface area contributed by atoms with Crippen LogP contribution in [0.3, 0.4) is 0 Å². The molecule has 1 N–H and O–H groups in total. The topological polar surface area (TPSA) is 125 Å². The van der Waals surface area contributed by atoms with Crippen LogP contribution in [-0.4, -0.2) is 60.5 Å². The molecule has 4 fully saturated rings. The lowest BCUT2D eigenvalue weighted by molar-refractivity contribution is -0.174. The Bertz CT molecular complexity index is 927. The molecule has 0 spiro atoms. The predicted octanol–water partition coefficient (Wildman–Crippen LogP) is 3.36. The Morgan fingerprint density at radius 1 is 0.921 bits per heavy atom. The summed E-state index contributed by atoms with van der Waals surface area (Å²) in [5.74, 6) is -2.49. The van der Waals surface area contributed by atoms with E-state index in [4.69, 9.17) is 18.9 Å². The molecular formula is C29H42O9. The van der Waals surface area contributed by atoms with Gasteiger partial charge in [0.15, 0.2) is 0 Å². The normalized spacial score (nSPS) is 35.7. The lowest BCUT2D eigenvalue weighted by Crippen LogP contribution is -2.43. The minimum absolute atomic E-state index is 0.0344. The van der Waals surface area contributed by atoms with E-state index in [0.29, 0.717) is 31.6 Å². The standard InChI is InChI=1S/C29H42O9/c1-5-23(31)37-22-14-16-13-20(22)24-19(16)15-21(30)25(24)38-27(33)18-10-8-7-9-17(18)26(32)35-11-12-36-28(34)29(3,4)6-2/h5,16-22,24-25,30H,1,6-15H2,2-4H3. The summed E-state index contributed by atoms with van der Waals surface area (Å²) >= 11 is 0. The van der Waals surface area contributed by atoms with E-state index in [-0.39, 0.29) is 43.0 Å². The maximum atomic E-state index is 13.4. The molecule has 4 saturated carbocycles. The first kappa shape index (κ1) is 28.6. The smallest absolute Gasteiger partial charge is 0.330 e. The number of hydrogen-bond acceptors (Lipinski definition) is 9. The Morgan fingerprint density at radius 3 is 2.24 bits per heavy atom. The summed E-state index contributed by atoms with van der Waals surface area (Å²) in [4.78, 5) is 50.2. The summed E-state index contributed by atoms with van der Waals surface area (Å²) < 4.78 is 22.2. The van der Waals surface area contributed by atoms with Crippen LogP contribution in [0.15, 0.2) is 12.7 Å². The molecule has 4 rings (SSSR count). The van der Waals surface area contributed by atoms with Gasteiger partial charge in [0.1, 0.15) is 25.4 Å². The van der Waals surface area contributed by atoms with Crippen LogP contribution in [0, 0.1) is 40.9 Å². The van der Waals surface area contributed by atoms with Gasteiger partial charge in [-0.1, -0.05) is 26.3 Å². The summed E-state index contributed by atoms with van der Waals surface area (Å²) in [6.45, 7) is 8.87. The van der Waals surface area contributed by atoms with Gasteiger partial charge in [-0.3, -0.25) is 14.4 Å². The Kier molecular flexibility index (Phi) is 8.85. The molecule has 9 nitrogen and oxygen atoms in total. The van der Waals surface area contributed by atoms with E-state index < -0.39 is 47.4 Å². The molecule has 0 heterocycles. The first-order chi connectivity index (χ1) is 18.1. The van der Waals surface area contributed by atoms with Gasteiger partial charge in [-0.15, -0.1) is 0 Å². The fraction of sp³-hybridized carbons (Fsp3) is 0.793. The number of ether oxygens (including phenoxy) is 4. The van der Waals surface area contributed by atoms with E-state index in [1.54, 1.807) is 13.8 Å². The van der Waals surface area contributed by atoms with Crippen LogP contribution in [0.5, 0.6) is 0 Å². The van der Waals surface area contributed by atoms with Gasteiger partial charge in [0.05, 0.1) is 23.4 Å². The minimum Gasteiger partial charge on any atom is -0.462 e. The van der Waals surface area contributed by atoms with Crippen LogP contribution in [0.1, 0.15) is 72.1 Å². The first-order valence-electron chi connectivity index (χ1n) is 14.1. The summed E-state index contributed by atoms with van der Waals surface area (Å²) in [5.41, 5.74) is -0.599. The van der Waals surface area contributed by atoms with E-state index in [9.17, 15) is 24.3 Å². The molecule has 4 aliphatic carbocycles. The molecule has 4 aliphatic rings. The van der Waals surface area contributed by atoms with Crippen molar-refractivity contribution in [2.75, 3.05) is 13.2 Å². The van der Waals surface area contributed by atoms with E-state index >= 15 is 0 Å². The highest BCUT2D eigenvalue weighted by molar-refractivity contribution is 5.82. The van der Waals surface area contributed by atoms with Gasteiger partial charge < -0.3 is 24.1 Å². The van der Waals surface area contributed by atoms with Gasteiger partial charge in [-0.25, -0.2) is 4.79 Å². The summed E-state index contributed by atoms with van der Waals surface area (Å²) in [6.07, 6.45) is 4.95. The van der Waals surface area contributed by atoms with Crippen LogP contribution in [0.2, 0.25) is 0 Å². The SMILES string of the molecule is C=CC(=O)OC1CC2CC1C1C2CC(O)C1OC(=O)C1CCCCC1C(=O)OCCOC(=O)C(C)(C)CC. The number of fused-ring (bicyclic) bond motifs is 5. The molecule has 212 valence electrons. The van der Waals surface area contributed by atoms with Gasteiger partial charge >= 0.3 is 23.9 Å². The number of rotatable bonds is 10. The highest BCUT2D eigenvalue weighted by Crippen LogP contribution is 2.60. The zero-order valence-electron chi connectivity index (χ0n) is 22.8. The Balaban J connectivity index is 1.33. The van der Waals surface area contributed by atoms with Crippen LogP contribution in [-0.2, 0) is 38.1 Å². The fourth-order valence-electron chi connectivity index (χ4n) is 7.09. The maximum Gasteiger partial charge on any atom is 0.330 e. The van der Waals surface area contributed by atoms with Crippen LogP contribution in [0.4, 0.5) is 0 Å². The van der Waals surface area contributed by atoms with Gasteiger partial charge in [0.25, 0.3) is 0 Å². The molecule has 9 atom stereocenters. The molecular weight excluding hydrogens is 492 g/mol. The lowest BCUT2D eigenvalue weighted by Gasteiger charge is -2.35. The quantitative estimate of drug-likeness (QED) is 0.194.